The highest BCUT2D eigenvalue weighted by molar-refractivity contribution is 6.21. The Morgan fingerprint density at radius 2 is 1.22 bits per heavy atom. The molecule has 8 rings (SSSR count). The number of carbonyl (C=O) groups is 6. The van der Waals surface area contributed by atoms with Crippen LogP contribution in [-0.2, 0) is 68.4 Å². The van der Waals surface area contributed by atoms with Gasteiger partial charge in [0.05, 0.1) is 29.9 Å². The molecule has 2 amide bonds. The largest absolute Gasteiger partial charge is 0.463 e. The second-order valence-electron chi connectivity index (χ2n) is 15.4. The zero-order chi connectivity index (χ0) is 44.9. The molecule has 3 fully saturated rings. The van der Waals surface area contributed by atoms with Crippen molar-refractivity contribution >= 4 is 35.7 Å². The van der Waals surface area contributed by atoms with Gasteiger partial charge in [0.2, 0.25) is 0 Å². The molecule has 17 heteroatoms. The quantitative estimate of drug-likeness (QED) is 0.104. The summed E-state index contributed by atoms with van der Waals surface area (Å²) in [5, 5.41) is 0. The third-order valence-corrected chi connectivity index (χ3v) is 10.9. The summed E-state index contributed by atoms with van der Waals surface area (Å²) in [6, 6.07) is 30.7. The van der Waals surface area contributed by atoms with Crippen LogP contribution in [0.4, 0.5) is 0 Å². The summed E-state index contributed by atoms with van der Waals surface area (Å²) >= 11 is 0. The van der Waals surface area contributed by atoms with Crippen molar-refractivity contribution in [2.24, 2.45) is 0 Å². The minimum Gasteiger partial charge on any atom is -0.463 e. The van der Waals surface area contributed by atoms with Gasteiger partial charge in [0.15, 0.2) is 37.2 Å². The van der Waals surface area contributed by atoms with Crippen LogP contribution in [0.1, 0.15) is 69.3 Å². The van der Waals surface area contributed by atoms with Gasteiger partial charge in [-0.1, -0.05) is 91.0 Å². The van der Waals surface area contributed by atoms with Crippen molar-refractivity contribution in [2.75, 3.05) is 13.2 Å². The number of benzene rings is 4. The number of esters is 4. The van der Waals surface area contributed by atoms with E-state index in [0.29, 0.717) is 5.56 Å². The van der Waals surface area contributed by atoms with Crippen molar-refractivity contribution in [3.05, 3.63) is 143 Å². The predicted molar refractivity (Wildman–Crippen MR) is 218 cm³/mol. The lowest BCUT2D eigenvalue weighted by molar-refractivity contribution is -0.388. The van der Waals surface area contributed by atoms with E-state index in [1.807, 2.05) is 36.4 Å². The summed E-state index contributed by atoms with van der Waals surface area (Å²) in [5.74, 6) is -4.84. The molecule has 334 valence electrons. The first-order valence-corrected chi connectivity index (χ1v) is 20.6. The van der Waals surface area contributed by atoms with E-state index < -0.39 is 110 Å². The smallest absolute Gasteiger partial charge is 0.338 e. The van der Waals surface area contributed by atoms with Gasteiger partial charge in [-0.2, -0.15) is 0 Å². The molecule has 0 N–H and O–H groups in total. The minimum absolute atomic E-state index is 0.00992. The fourth-order valence-corrected chi connectivity index (χ4v) is 8.16. The monoisotopic (exact) mass is 879 g/mol. The number of carbonyl (C=O) groups excluding carboxylic acids is 6. The Morgan fingerprint density at radius 1 is 0.625 bits per heavy atom. The van der Waals surface area contributed by atoms with Crippen molar-refractivity contribution in [3.8, 4) is 0 Å². The molecule has 4 aromatic carbocycles. The fourth-order valence-electron chi connectivity index (χ4n) is 8.16. The lowest BCUT2D eigenvalue weighted by Crippen LogP contribution is -2.70. The molecular formula is C47H45NO16. The summed E-state index contributed by atoms with van der Waals surface area (Å²) in [6.07, 6.45) is -13.8. The van der Waals surface area contributed by atoms with E-state index >= 15 is 0 Å². The van der Waals surface area contributed by atoms with E-state index in [-0.39, 0.29) is 29.9 Å². The lowest BCUT2D eigenvalue weighted by Gasteiger charge is -2.52. The highest BCUT2D eigenvalue weighted by Gasteiger charge is 2.61. The van der Waals surface area contributed by atoms with E-state index in [2.05, 4.69) is 0 Å². The topological polar surface area (TPSA) is 198 Å². The van der Waals surface area contributed by atoms with Crippen LogP contribution in [0.2, 0.25) is 0 Å². The summed E-state index contributed by atoms with van der Waals surface area (Å²) < 4.78 is 62.5. The number of fused-ring (bicyclic) bond motifs is 2. The molecule has 3 saturated heterocycles. The van der Waals surface area contributed by atoms with Crippen LogP contribution in [-0.4, -0.2) is 115 Å². The van der Waals surface area contributed by atoms with Crippen molar-refractivity contribution in [1.82, 2.24) is 4.90 Å². The Balaban J connectivity index is 1.26. The van der Waals surface area contributed by atoms with Crippen LogP contribution < -0.4 is 0 Å². The molecular weight excluding hydrogens is 835 g/mol. The van der Waals surface area contributed by atoms with Gasteiger partial charge >= 0.3 is 23.9 Å². The number of amides is 2. The van der Waals surface area contributed by atoms with Crippen LogP contribution >= 0.6 is 0 Å². The molecule has 0 saturated carbocycles. The molecule has 0 radical (unpaired) electrons. The third kappa shape index (κ3) is 9.59. The number of ether oxygens (including phenoxy) is 10. The minimum atomic E-state index is -1.81. The van der Waals surface area contributed by atoms with Crippen molar-refractivity contribution in [1.29, 1.82) is 0 Å². The Morgan fingerprint density at radius 3 is 1.84 bits per heavy atom. The van der Waals surface area contributed by atoms with Crippen molar-refractivity contribution < 1.29 is 76.1 Å². The zero-order valence-electron chi connectivity index (χ0n) is 34.9. The molecule has 17 nitrogen and oxygen atoms in total. The van der Waals surface area contributed by atoms with Crippen molar-refractivity contribution in [2.45, 2.75) is 95.0 Å². The van der Waals surface area contributed by atoms with E-state index in [9.17, 15) is 28.8 Å². The average Bonchev–Trinajstić information content (AvgIpc) is 3.55. The molecule has 64 heavy (non-hydrogen) atoms. The van der Waals surface area contributed by atoms with Gasteiger partial charge in [-0.15, -0.1) is 0 Å². The molecule has 4 aliphatic rings. The van der Waals surface area contributed by atoms with Crippen LogP contribution in [0, 0.1) is 0 Å². The maximum atomic E-state index is 14.4. The van der Waals surface area contributed by atoms with Gasteiger partial charge in [-0.05, 0) is 29.8 Å². The van der Waals surface area contributed by atoms with Gasteiger partial charge in [0, 0.05) is 26.3 Å². The normalized spacial score (nSPS) is 28.6. The van der Waals surface area contributed by atoms with E-state index in [4.69, 9.17) is 47.4 Å². The predicted octanol–water partition coefficient (Wildman–Crippen LogP) is 4.47. The molecule has 4 aliphatic heterocycles. The van der Waals surface area contributed by atoms with E-state index in [1.165, 1.54) is 12.1 Å². The molecule has 0 aliphatic carbocycles. The summed E-state index contributed by atoms with van der Waals surface area (Å²) in [7, 11) is 0. The van der Waals surface area contributed by atoms with Gasteiger partial charge in [-0.25, -0.2) is 4.79 Å². The van der Waals surface area contributed by atoms with Crippen LogP contribution in [0.3, 0.4) is 0 Å². The molecule has 1 unspecified atom stereocenters. The van der Waals surface area contributed by atoms with Gasteiger partial charge in [0.1, 0.15) is 37.1 Å². The van der Waals surface area contributed by atoms with Crippen molar-refractivity contribution in [3.63, 3.8) is 0 Å². The van der Waals surface area contributed by atoms with Crippen LogP contribution in [0.15, 0.2) is 115 Å². The average molecular weight is 880 g/mol. The van der Waals surface area contributed by atoms with Gasteiger partial charge < -0.3 is 47.4 Å². The number of rotatable bonds is 13. The lowest BCUT2D eigenvalue weighted by atomic mass is 9.93. The van der Waals surface area contributed by atoms with E-state index in [0.717, 1.165) is 31.2 Å². The molecule has 4 aromatic rings. The SMILES string of the molecule is CC(=O)OC[C@H]1O[C@@H](O[C@H]2[C@H]3OC(c4ccccc4)OC[C@H]3O[C@@H](OCc3ccccc3)[C@@H]2OC(=O)c2ccccc2)[C@H](N2C(=O)c3ccccc3C2=O)[C@@H](OC(C)=O)[C@@H]1OC(C)=O. The molecule has 0 spiro atoms. The maximum absolute atomic E-state index is 14.4. The standard InChI is InChI=1S/C47H45NO16/c1-26(49)55-24-34-37(58-27(2)50)39(59-28(3)51)36(48-42(52)32-21-13-14-22-33(32)43(48)53)46(60-34)64-40-38-35(25-57-45(63-38)31-19-11-6-12-20-31)61-47(56-23-29-15-7-4-8-16-29)41(40)62-44(54)30-17-9-5-10-18-30/h4-22,34-41,45-47H,23-25H2,1-3H3/t34-,35-,36-,37-,38+,39-,40+,41-,45?,46+,47-/m1/s1. The number of hydrogen-bond acceptors (Lipinski definition) is 16. The Kier molecular flexibility index (Phi) is 13.6. The third-order valence-electron chi connectivity index (χ3n) is 10.9. The van der Waals surface area contributed by atoms with Gasteiger partial charge in [0.25, 0.3) is 11.8 Å². The second kappa shape index (κ2) is 19.6. The Bertz CT molecular complexity index is 2290. The highest BCUT2D eigenvalue weighted by atomic mass is 16.8. The van der Waals surface area contributed by atoms with Crippen LogP contribution in [0.5, 0.6) is 0 Å². The molecule has 4 heterocycles. The Labute approximate surface area is 367 Å². The number of nitrogens with zero attached hydrogens (tertiary/aromatic N) is 1. The summed E-state index contributed by atoms with van der Waals surface area (Å²) in [4.78, 5) is 81.6. The first-order valence-electron chi connectivity index (χ1n) is 20.6. The molecule has 0 aromatic heterocycles. The summed E-state index contributed by atoms with van der Waals surface area (Å²) in [5.41, 5.74) is 1.64. The van der Waals surface area contributed by atoms with Gasteiger partial charge in [-0.3, -0.25) is 28.9 Å². The summed E-state index contributed by atoms with van der Waals surface area (Å²) in [6.45, 7) is 2.70. The first-order chi connectivity index (χ1) is 31.0. The molecule has 11 atom stereocenters. The number of hydrogen-bond donors (Lipinski definition) is 0. The Hall–Kier alpha value is -6.34. The van der Waals surface area contributed by atoms with E-state index in [1.54, 1.807) is 66.7 Å². The fraction of sp³-hybridized carbons (Fsp3) is 0.362. The first kappa shape index (κ1) is 44.3. The molecule has 0 bridgehead atoms. The number of imide groups is 1. The second-order valence-corrected chi connectivity index (χ2v) is 15.4. The maximum Gasteiger partial charge on any atom is 0.338 e. The zero-order valence-corrected chi connectivity index (χ0v) is 34.9. The van der Waals surface area contributed by atoms with Crippen LogP contribution in [0.25, 0.3) is 0 Å². The highest BCUT2D eigenvalue weighted by Crippen LogP contribution is 2.41.